The van der Waals surface area contributed by atoms with E-state index in [1.54, 1.807) is 11.0 Å². The molecule has 0 radical (unpaired) electrons. The summed E-state index contributed by atoms with van der Waals surface area (Å²) in [6.07, 6.45) is 1.39. The number of para-hydroxylation sites is 1. The molecule has 104 valence electrons. The summed E-state index contributed by atoms with van der Waals surface area (Å²) in [5.74, 6) is -0.583. The van der Waals surface area contributed by atoms with Crippen LogP contribution < -0.4 is 10.6 Å². The van der Waals surface area contributed by atoms with E-state index in [2.05, 4.69) is 0 Å². The van der Waals surface area contributed by atoms with Crippen LogP contribution in [0.5, 0.6) is 0 Å². The molecule has 21 heavy (non-hydrogen) atoms. The molecule has 0 unspecified atom stereocenters. The summed E-state index contributed by atoms with van der Waals surface area (Å²) in [6, 6.07) is 16.6. The Morgan fingerprint density at radius 3 is 2.29 bits per heavy atom. The topological polar surface area (TPSA) is 63.4 Å². The molecular formula is C17H14N2O2. The van der Waals surface area contributed by atoms with Gasteiger partial charge in [0, 0.05) is 17.3 Å². The van der Waals surface area contributed by atoms with Crippen molar-refractivity contribution in [1.29, 1.82) is 0 Å². The molecule has 0 aromatic heterocycles. The molecule has 0 aliphatic carbocycles. The van der Waals surface area contributed by atoms with Crippen molar-refractivity contribution in [1.82, 2.24) is 0 Å². The third-order valence-corrected chi connectivity index (χ3v) is 3.46. The summed E-state index contributed by atoms with van der Waals surface area (Å²) in [5.41, 5.74) is 8.19. The fraction of sp³-hybridized carbons (Fsp3) is 0.0588. The van der Waals surface area contributed by atoms with E-state index in [1.807, 2.05) is 48.5 Å². The minimum absolute atomic E-state index is 0.0709. The Balaban J connectivity index is 2.12. The fourth-order valence-corrected chi connectivity index (χ4v) is 2.53. The molecule has 0 atom stereocenters. The molecule has 0 spiro atoms. The lowest BCUT2D eigenvalue weighted by molar-refractivity contribution is -0.113. The van der Waals surface area contributed by atoms with E-state index < -0.39 is 5.91 Å². The number of anilines is 1. The number of nitrogens with zero attached hydrogens (tertiary/aromatic N) is 1. The van der Waals surface area contributed by atoms with Gasteiger partial charge in [-0.2, -0.15) is 0 Å². The van der Waals surface area contributed by atoms with Crippen molar-refractivity contribution in [2.45, 2.75) is 0 Å². The van der Waals surface area contributed by atoms with Crippen LogP contribution in [0.4, 0.5) is 5.69 Å². The van der Waals surface area contributed by atoms with Crippen LogP contribution in [0, 0.1) is 0 Å². The highest BCUT2D eigenvalue weighted by Crippen LogP contribution is 2.30. The van der Waals surface area contributed by atoms with Gasteiger partial charge in [0.15, 0.2) is 0 Å². The first-order valence-corrected chi connectivity index (χ1v) is 6.63. The average Bonchev–Trinajstić information content (AvgIpc) is 2.51. The number of primary amides is 1. The Bertz CT molecular complexity index is 735. The average molecular weight is 278 g/mol. The highest BCUT2D eigenvalue weighted by molar-refractivity contribution is 6.14. The van der Waals surface area contributed by atoms with Crippen molar-refractivity contribution in [3.63, 3.8) is 0 Å². The maximum absolute atomic E-state index is 12.6. The largest absolute Gasteiger partial charge is 0.366 e. The van der Waals surface area contributed by atoms with Crippen LogP contribution in [0.3, 0.4) is 0 Å². The zero-order chi connectivity index (χ0) is 14.8. The van der Waals surface area contributed by atoms with Gasteiger partial charge in [-0.1, -0.05) is 36.4 Å². The first kappa shape index (κ1) is 13.1. The van der Waals surface area contributed by atoms with Gasteiger partial charge in [-0.05, 0) is 29.3 Å². The number of benzene rings is 2. The fourth-order valence-electron chi connectivity index (χ4n) is 2.53. The van der Waals surface area contributed by atoms with Crippen molar-refractivity contribution in [3.8, 4) is 0 Å². The number of carbonyl (C=O) groups is 2. The Morgan fingerprint density at radius 2 is 1.62 bits per heavy atom. The van der Waals surface area contributed by atoms with Gasteiger partial charge in [0.2, 0.25) is 5.91 Å². The quantitative estimate of drug-likeness (QED) is 0.856. The lowest BCUT2D eigenvalue weighted by atomic mass is 9.93. The standard InChI is InChI=1S/C17H14N2O2/c18-16(20)10-12-11-19(13-6-2-1-3-7-13)17(21)15-9-5-4-8-14(12)15/h1-10H,11H2,(H2,18,20)/b12-10+. The van der Waals surface area contributed by atoms with Crippen molar-refractivity contribution in [2.75, 3.05) is 11.4 Å². The van der Waals surface area contributed by atoms with Crippen LogP contribution in [0.1, 0.15) is 15.9 Å². The molecule has 0 fully saturated rings. The second-order valence-electron chi connectivity index (χ2n) is 4.84. The summed E-state index contributed by atoms with van der Waals surface area (Å²) in [7, 11) is 0. The van der Waals surface area contributed by atoms with Crippen LogP contribution in [0.15, 0.2) is 60.7 Å². The third-order valence-electron chi connectivity index (χ3n) is 3.46. The number of fused-ring (bicyclic) bond motifs is 1. The van der Waals surface area contributed by atoms with Crippen LogP contribution in [-0.2, 0) is 4.79 Å². The number of nitrogens with two attached hydrogens (primary N) is 1. The van der Waals surface area contributed by atoms with Gasteiger partial charge in [-0.3, -0.25) is 9.59 Å². The SMILES string of the molecule is NC(=O)/C=C1\CN(c2ccccc2)C(=O)c2ccccc21. The maximum Gasteiger partial charge on any atom is 0.259 e. The van der Waals surface area contributed by atoms with Crippen molar-refractivity contribution in [3.05, 3.63) is 71.8 Å². The molecule has 1 aliphatic rings. The van der Waals surface area contributed by atoms with E-state index in [9.17, 15) is 9.59 Å². The molecule has 4 nitrogen and oxygen atoms in total. The van der Waals surface area contributed by atoms with Gasteiger partial charge in [-0.15, -0.1) is 0 Å². The van der Waals surface area contributed by atoms with Crippen LogP contribution in [-0.4, -0.2) is 18.4 Å². The van der Waals surface area contributed by atoms with E-state index in [0.717, 1.165) is 16.8 Å². The Labute approximate surface area is 122 Å². The molecule has 2 aromatic carbocycles. The molecule has 2 amide bonds. The van der Waals surface area contributed by atoms with E-state index in [-0.39, 0.29) is 5.91 Å². The van der Waals surface area contributed by atoms with Crippen molar-refractivity contribution >= 4 is 23.1 Å². The van der Waals surface area contributed by atoms with Gasteiger partial charge < -0.3 is 10.6 Å². The number of carbonyl (C=O) groups excluding carboxylic acids is 2. The van der Waals surface area contributed by atoms with Crippen molar-refractivity contribution in [2.24, 2.45) is 5.73 Å². The second-order valence-corrected chi connectivity index (χ2v) is 4.84. The van der Waals surface area contributed by atoms with Gasteiger partial charge in [0.05, 0.1) is 6.54 Å². The Morgan fingerprint density at radius 1 is 1.00 bits per heavy atom. The summed E-state index contributed by atoms with van der Waals surface area (Å²) >= 11 is 0. The molecule has 4 heteroatoms. The molecule has 3 rings (SSSR count). The zero-order valence-electron chi connectivity index (χ0n) is 11.3. The monoisotopic (exact) mass is 278 g/mol. The van der Waals surface area contributed by atoms with Gasteiger partial charge in [0.1, 0.15) is 0 Å². The summed E-state index contributed by atoms with van der Waals surface area (Å²) in [5, 5.41) is 0. The molecule has 0 bridgehead atoms. The number of hydrogen-bond donors (Lipinski definition) is 1. The lowest BCUT2D eigenvalue weighted by Gasteiger charge is -2.30. The molecule has 2 N–H and O–H groups in total. The molecule has 1 heterocycles. The van der Waals surface area contributed by atoms with E-state index in [4.69, 9.17) is 5.73 Å². The zero-order valence-corrected chi connectivity index (χ0v) is 11.3. The van der Waals surface area contributed by atoms with E-state index >= 15 is 0 Å². The third kappa shape index (κ3) is 2.43. The van der Waals surface area contributed by atoms with E-state index in [1.165, 1.54) is 6.08 Å². The molecule has 0 saturated carbocycles. The Hall–Kier alpha value is -2.88. The predicted octanol–water partition coefficient (Wildman–Crippen LogP) is 2.22. The van der Waals surface area contributed by atoms with Gasteiger partial charge in [-0.25, -0.2) is 0 Å². The van der Waals surface area contributed by atoms with Crippen LogP contribution in [0.25, 0.3) is 5.57 Å². The molecule has 1 aliphatic heterocycles. The minimum atomic E-state index is -0.512. The summed E-state index contributed by atoms with van der Waals surface area (Å²) in [6.45, 7) is 0.336. The minimum Gasteiger partial charge on any atom is -0.366 e. The summed E-state index contributed by atoms with van der Waals surface area (Å²) < 4.78 is 0. The predicted molar refractivity (Wildman–Crippen MR) is 81.7 cm³/mol. The highest BCUT2D eigenvalue weighted by Gasteiger charge is 2.28. The van der Waals surface area contributed by atoms with Gasteiger partial charge >= 0.3 is 0 Å². The molecule has 2 aromatic rings. The first-order valence-electron chi connectivity index (χ1n) is 6.63. The van der Waals surface area contributed by atoms with Crippen LogP contribution >= 0.6 is 0 Å². The van der Waals surface area contributed by atoms with Crippen molar-refractivity contribution < 1.29 is 9.59 Å². The lowest BCUT2D eigenvalue weighted by Crippen LogP contribution is -2.37. The smallest absolute Gasteiger partial charge is 0.259 e. The highest BCUT2D eigenvalue weighted by atomic mass is 16.2. The second kappa shape index (κ2) is 5.25. The number of amides is 2. The van der Waals surface area contributed by atoms with Gasteiger partial charge in [0.25, 0.3) is 5.91 Å². The number of hydrogen-bond acceptors (Lipinski definition) is 2. The number of rotatable bonds is 2. The molecular weight excluding hydrogens is 264 g/mol. The maximum atomic E-state index is 12.6. The Kier molecular flexibility index (Phi) is 3.28. The molecule has 0 saturated heterocycles. The van der Waals surface area contributed by atoms with Crippen LogP contribution in [0.2, 0.25) is 0 Å². The first-order chi connectivity index (χ1) is 10.2. The summed E-state index contributed by atoms with van der Waals surface area (Å²) in [4.78, 5) is 25.5. The normalized spacial score (nSPS) is 15.9. The van der Waals surface area contributed by atoms with E-state index in [0.29, 0.717) is 12.1 Å².